The molecule has 3 radical (unpaired) electrons. The van der Waals surface area contributed by atoms with Crippen LogP contribution < -0.4 is 10.6 Å². The molecular formula is C31H22N4Na3O12S3. The van der Waals surface area contributed by atoms with Gasteiger partial charge in [0.15, 0.2) is 5.75 Å². The monoisotopic (exact) mass is 807 g/mol. The van der Waals surface area contributed by atoms with Crippen LogP contribution in [0.25, 0.3) is 32.3 Å². The molecule has 0 saturated heterocycles. The zero-order valence-corrected chi connectivity index (χ0v) is 36.3. The Bertz CT molecular complexity index is 2800. The van der Waals surface area contributed by atoms with Crippen molar-refractivity contribution in [2.24, 2.45) is 10.2 Å². The van der Waals surface area contributed by atoms with Crippen LogP contribution >= 0.6 is 0 Å². The number of hydrogen-bond acceptors (Lipinski definition) is 11. The van der Waals surface area contributed by atoms with Gasteiger partial charge in [-0.05, 0) is 94.3 Å². The van der Waals surface area contributed by atoms with E-state index in [0.717, 1.165) is 18.2 Å². The van der Waals surface area contributed by atoms with Crippen LogP contribution in [0, 0.1) is 0 Å². The number of urea groups is 1. The summed E-state index contributed by atoms with van der Waals surface area (Å²) in [7, 11) is -14.0. The van der Waals surface area contributed by atoms with Crippen LogP contribution in [0.5, 0.6) is 11.5 Å². The zero-order chi connectivity index (χ0) is 36.2. The van der Waals surface area contributed by atoms with Crippen LogP contribution in [0.2, 0.25) is 0 Å². The fourth-order valence-electron chi connectivity index (χ4n) is 5.11. The van der Waals surface area contributed by atoms with Crippen molar-refractivity contribution in [1.82, 2.24) is 0 Å². The van der Waals surface area contributed by atoms with Gasteiger partial charge in [0, 0.05) is 117 Å². The number of amides is 2. The van der Waals surface area contributed by atoms with Gasteiger partial charge in [0.2, 0.25) is 0 Å². The molecule has 0 unspecified atom stereocenters. The number of aromatic hydroxyl groups is 2. The molecule has 6 aromatic rings. The topological polar surface area (TPSA) is 269 Å². The van der Waals surface area contributed by atoms with E-state index >= 15 is 0 Å². The van der Waals surface area contributed by atoms with Crippen LogP contribution in [-0.4, -0.2) is 144 Å². The molecule has 0 aliphatic rings. The molecule has 0 saturated carbocycles. The fraction of sp³-hybridized carbons (Fsp3) is 0. The van der Waals surface area contributed by atoms with Crippen LogP contribution in [0.4, 0.5) is 27.5 Å². The number of benzene rings is 6. The smallest absolute Gasteiger partial charge is 0.323 e. The summed E-state index contributed by atoms with van der Waals surface area (Å²) in [4.78, 5) is 11.1. The number of carbonyl (C=O) groups excluding carboxylic acids is 1. The third-order valence-corrected chi connectivity index (χ3v) is 9.95. The Hall–Kier alpha value is -2.70. The van der Waals surface area contributed by atoms with Gasteiger partial charge in [-0.15, -0.1) is 5.11 Å². The maximum atomic E-state index is 12.8. The van der Waals surface area contributed by atoms with E-state index in [2.05, 4.69) is 20.9 Å². The first-order valence-electron chi connectivity index (χ1n) is 13.9. The third kappa shape index (κ3) is 10.1. The van der Waals surface area contributed by atoms with Crippen LogP contribution in [-0.2, 0) is 30.4 Å². The Labute approximate surface area is 367 Å². The number of phenols is 2. The summed E-state index contributed by atoms with van der Waals surface area (Å²) in [6.07, 6.45) is 0. The second-order valence-corrected chi connectivity index (χ2v) is 15.0. The molecular weight excluding hydrogens is 786 g/mol. The third-order valence-electron chi connectivity index (χ3n) is 7.41. The first-order valence-corrected chi connectivity index (χ1v) is 18.2. The Morgan fingerprint density at radius 2 is 1.06 bits per heavy atom. The van der Waals surface area contributed by atoms with E-state index in [1.807, 2.05) is 0 Å². The maximum absolute atomic E-state index is 12.8. The molecule has 2 amide bonds. The van der Waals surface area contributed by atoms with Crippen molar-refractivity contribution in [3.8, 4) is 11.5 Å². The molecule has 0 aliphatic heterocycles. The van der Waals surface area contributed by atoms with Gasteiger partial charge < -0.3 is 20.8 Å². The van der Waals surface area contributed by atoms with E-state index in [-0.39, 0.29) is 132 Å². The number of fused-ring (bicyclic) bond motifs is 3. The van der Waals surface area contributed by atoms with Gasteiger partial charge in [-0.2, -0.15) is 30.4 Å². The molecule has 53 heavy (non-hydrogen) atoms. The van der Waals surface area contributed by atoms with Gasteiger partial charge in [0.1, 0.15) is 16.3 Å². The van der Waals surface area contributed by atoms with E-state index < -0.39 is 63.4 Å². The Morgan fingerprint density at radius 1 is 0.528 bits per heavy atom. The molecule has 16 nitrogen and oxygen atoms in total. The summed E-state index contributed by atoms with van der Waals surface area (Å²) in [5.74, 6) is -1.07. The van der Waals surface area contributed by atoms with E-state index in [1.54, 1.807) is 0 Å². The number of rotatable bonds is 7. The molecule has 0 aliphatic carbocycles. The number of carbonyl (C=O) groups is 1. The number of hydrogen-bond donors (Lipinski definition) is 7. The van der Waals surface area contributed by atoms with E-state index in [1.165, 1.54) is 72.8 Å². The Kier molecular flexibility index (Phi) is 14.3. The quantitative estimate of drug-likeness (QED) is 0.0622. The average molecular weight is 808 g/mol. The van der Waals surface area contributed by atoms with Crippen molar-refractivity contribution >= 4 is 180 Å². The SMILES string of the molecule is O=C(Nc1ccc2c(O)cc(S(=O)(=O)O)cc2c1)Nc1ccc2c(O)c(N=Nc3ccc4cc(S(=O)(=O)O)ccc4c3)c(S(=O)(=O)O)cc2c1.[Na].[Na].[Na]. The zero-order valence-electron chi connectivity index (χ0n) is 27.9. The van der Waals surface area contributed by atoms with Crippen molar-refractivity contribution in [3.63, 3.8) is 0 Å². The van der Waals surface area contributed by atoms with Gasteiger partial charge in [0.25, 0.3) is 30.4 Å². The van der Waals surface area contributed by atoms with Crippen molar-refractivity contribution in [1.29, 1.82) is 0 Å². The van der Waals surface area contributed by atoms with Crippen molar-refractivity contribution in [2.75, 3.05) is 10.6 Å². The minimum absolute atomic E-state index is 0. The maximum Gasteiger partial charge on any atom is 0.323 e. The molecule has 0 fully saturated rings. The fourth-order valence-corrected chi connectivity index (χ4v) is 6.82. The molecule has 0 aromatic heterocycles. The summed E-state index contributed by atoms with van der Waals surface area (Å²) in [5.41, 5.74) is -0.103. The predicted octanol–water partition coefficient (Wildman–Crippen LogP) is 5.21. The largest absolute Gasteiger partial charge is 0.507 e. The van der Waals surface area contributed by atoms with E-state index in [0.29, 0.717) is 10.8 Å². The van der Waals surface area contributed by atoms with Crippen LogP contribution in [0.1, 0.15) is 0 Å². The number of nitrogens with one attached hydrogen (secondary N) is 2. The molecule has 0 bridgehead atoms. The summed E-state index contributed by atoms with van der Waals surface area (Å²) in [6, 6.07) is 18.7. The summed E-state index contributed by atoms with van der Waals surface area (Å²) < 4.78 is 99.2. The minimum atomic E-state index is -4.98. The minimum Gasteiger partial charge on any atom is -0.507 e. The number of phenolic OH excluding ortho intramolecular Hbond substituents is 2. The summed E-state index contributed by atoms with van der Waals surface area (Å²) >= 11 is 0. The summed E-state index contributed by atoms with van der Waals surface area (Å²) in [5, 5.41) is 35.6. The standard InChI is InChI=1S/C31H22N4O12S3.3Na/c36-27-15-24(49(42,43)44)13-18-10-20(4-7-25(18)27)32-31(38)33-21-5-8-26-19(11-21)14-28(50(45,46)47)29(30(26)37)35-34-22-3-1-17-12-23(48(39,40)41)6-2-16(17)9-22;;;/h1-15,36-37H,(H2,32,33,38)(H,39,40,41)(H,42,43,44)(H,45,46,47);;;. The number of anilines is 2. The predicted molar refractivity (Wildman–Crippen MR) is 199 cm³/mol. The number of nitrogens with zero attached hydrogens (tertiary/aromatic N) is 2. The molecule has 0 heterocycles. The molecule has 0 spiro atoms. The van der Waals surface area contributed by atoms with Gasteiger partial charge in [0.05, 0.1) is 15.5 Å². The first kappa shape index (κ1) is 44.7. The molecule has 6 aromatic carbocycles. The second kappa shape index (κ2) is 17.0. The van der Waals surface area contributed by atoms with Crippen molar-refractivity contribution in [2.45, 2.75) is 14.7 Å². The van der Waals surface area contributed by atoms with Crippen LogP contribution in [0.3, 0.4) is 0 Å². The molecule has 0 atom stereocenters. The molecule has 7 N–H and O–H groups in total. The second-order valence-electron chi connectivity index (χ2n) is 10.8. The number of azo groups is 1. The summed E-state index contributed by atoms with van der Waals surface area (Å²) in [6.45, 7) is 0. The molecule has 6 rings (SSSR count). The van der Waals surface area contributed by atoms with E-state index in [4.69, 9.17) is 0 Å². The Balaban J connectivity index is 0.00000252. The average Bonchev–Trinajstić information content (AvgIpc) is 3.02. The van der Waals surface area contributed by atoms with E-state index in [9.17, 15) is 53.9 Å². The van der Waals surface area contributed by atoms with Crippen molar-refractivity contribution < 1.29 is 53.9 Å². The molecule has 22 heteroatoms. The van der Waals surface area contributed by atoms with Gasteiger partial charge in [-0.25, -0.2) is 4.79 Å². The first-order chi connectivity index (χ1) is 23.4. The normalized spacial score (nSPS) is 11.8. The van der Waals surface area contributed by atoms with Gasteiger partial charge >= 0.3 is 6.03 Å². The molecule has 259 valence electrons. The van der Waals surface area contributed by atoms with Crippen LogP contribution in [0.15, 0.2) is 116 Å². The van der Waals surface area contributed by atoms with Gasteiger partial charge in [-0.3, -0.25) is 13.7 Å². The van der Waals surface area contributed by atoms with Gasteiger partial charge in [-0.1, -0.05) is 12.1 Å². The Morgan fingerprint density at radius 3 is 1.64 bits per heavy atom. The van der Waals surface area contributed by atoms with Crippen molar-refractivity contribution in [3.05, 3.63) is 91.0 Å².